The molecule has 0 atom stereocenters. The van der Waals surface area contributed by atoms with E-state index in [-0.39, 0.29) is 11.4 Å². The maximum Gasteiger partial charge on any atom is 0.240 e. The highest BCUT2D eigenvalue weighted by atomic mass is 79.9. The van der Waals surface area contributed by atoms with Gasteiger partial charge < -0.3 is 4.74 Å². The molecule has 0 saturated carbocycles. The van der Waals surface area contributed by atoms with Crippen LogP contribution in [0.15, 0.2) is 57.9 Å². The zero-order valence-electron chi connectivity index (χ0n) is 10.8. The highest BCUT2D eigenvalue weighted by Gasteiger charge is 2.13. The molecule has 0 radical (unpaired) electrons. The summed E-state index contributed by atoms with van der Waals surface area (Å²) in [4.78, 5) is 0.249. The molecule has 2 aromatic rings. The van der Waals surface area contributed by atoms with Gasteiger partial charge in [0.05, 0.1) is 12.0 Å². The molecule has 0 aromatic heterocycles. The standard InChI is InChI=1S/C14H14BrNO3S/c1-19-12-7-8-14(15)11(9-12)10-16-20(17,18)13-5-3-2-4-6-13/h2-9,16H,10H2,1H3. The van der Waals surface area contributed by atoms with Gasteiger partial charge in [0.1, 0.15) is 5.75 Å². The number of sulfonamides is 1. The normalized spacial score (nSPS) is 11.3. The monoisotopic (exact) mass is 355 g/mol. The van der Waals surface area contributed by atoms with E-state index in [0.29, 0.717) is 5.75 Å². The third-order valence-corrected chi connectivity index (χ3v) is 4.95. The van der Waals surface area contributed by atoms with Gasteiger partial charge in [-0.2, -0.15) is 0 Å². The van der Waals surface area contributed by atoms with Crippen molar-refractivity contribution in [2.24, 2.45) is 0 Å². The van der Waals surface area contributed by atoms with Gasteiger partial charge in [-0.15, -0.1) is 0 Å². The van der Waals surface area contributed by atoms with E-state index in [2.05, 4.69) is 20.7 Å². The van der Waals surface area contributed by atoms with Crippen LogP contribution in [0.4, 0.5) is 0 Å². The van der Waals surface area contributed by atoms with Crippen molar-refractivity contribution in [3.05, 3.63) is 58.6 Å². The molecule has 0 unspecified atom stereocenters. The van der Waals surface area contributed by atoms with E-state index in [9.17, 15) is 8.42 Å². The van der Waals surface area contributed by atoms with Crippen LogP contribution in [0, 0.1) is 0 Å². The Morgan fingerprint density at radius 3 is 2.50 bits per heavy atom. The fraction of sp³-hybridized carbons (Fsp3) is 0.143. The van der Waals surface area contributed by atoms with E-state index < -0.39 is 10.0 Å². The van der Waals surface area contributed by atoms with E-state index in [1.54, 1.807) is 49.6 Å². The lowest BCUT2D eigenvalue weighted by Crippen LogP contribution is -2.23. The smallest absolute Gasteiger partial charge is 0.240 e. The van der Waals surface area contributed by atoms with E-state index in [0.717, 1.165) is 10.0 Å². The predicted molar refractivity (Wildman–Crippen MR) is 81.2 cm³/mol. The summed E-state index contributed by atoms with van der Waals surface area (Å²) in [5.41, 5.74) is 0.809. The summed E-state index contributed by atoms with van der Waals surface area (Å²) in [6.45, 7) is 0.189. The van der Waals surface area contributed by atoms with Crippen LogP contribution < -0.4 is 9.46 Å². The van der Waals surface area contributed by atoms with E-state index in [1.165, 1.54) is 0 Å². The first-order valence-electron chi connectivity index (χ1n) is 5.90. The fourth-order valence-electron chi connectivity index (χ4n) is 1.67. The molecule has 0 spiro atoms. The SMILES string of the molecule is COc1ccc(Br)c(CNS(=O)(=O)c2ccccc2)c1. The second kappa shape index (κ2) is 6.39. The number of hydrogen-bond donors (Lipinski definition) is 1. The van der Waals surface area contributed by atoms with Gasteiger partial charge in [0.25, 0.3) is 0 Å². The van der Waals surface area contributed by atoms with Gasteiger partial charge in [0.2, 0.25) is 10.0 Å². The van der Waals surface area contributed by atoms with Crippen molar-refractivity contribution in [1.29, 1.82) is 0 Å². The zero-order valence-corrected chi connectivity index (χ0v) is 13.2. The molecular formula is C14H14BrNO3S. The highest BCUT2D eigenvalue weighted by Crippen LogP contribution is 2.22. The summed E-state index contributed by atoms with van der Waals surface area (Å²) in [6, 6.07) is 13.7. The summed E-state index contributed by atoms with van der Waals surface area (Å²) < 4.78 is 32.8. The van der Waals surface area contributed by atoms with Crippen LogP contribution in [0.25, 0.3) is 0 Å². The number of benzene rings is 2. The molecule has 4 nitrogen and oxygen atoms in total. The van der Waals surface area contributed by atoms with Gasteiger partial charge in [0.15, 0.2) is 0 Å². The van der Waals surface area contributed by atoms with Crippen LogP contribution in [0.5, 0.6) is 5.75 Å². The maximum atomic E-state index is 12.1. The van der Waals surface area contributed by atoms with Gasteiger partial charge >= 0.3 is 0 Å². The second-order valence-corrected chi connectivity index (χ2v) is 6.72. The molecule has 0 fully saturated rings. The van der Waals surface area contributed by atoms with Crippen molar-refractivity contribution >= 4 is 26.0 Å². The van der Waals surface area contributed by atoms with Gasteiger partial charge in [0, 0.05) is 11.0 Å². The van der Waals surface area contributed by atoms with Crippen LogP contribution >= 0.6 is 15.9 Å². The summed E-state index contributed by atoms with van der Waals surface area (Å²) >= 11 is 3.39. The predicted octanol–water partition coefficient (Wildman–Crippen LogP) is 2.94. The second-order valence-electron chi connectivity index (χ2n) is 4.09. The van der Waals surface area contributed by atoms with E-state index >= 15 is 0 Å². The molecule has 0 aliphatic rings. The lowest BCUT2D eigenvalue weighted by Gasteiger charge is -2.09. The first-order valence-corrected chi connectivity index (χ1v) is 8.17. The Morgan fingerprint density at radius 2 is 1.85 bits per heavy atom. The first-order chi connectivity index (χ1) is 9.53. The third kappa shape index (κ3) is 3.59. The van der Waals surface area contributed by atoms with Crippen LogP contribution in [-0.4, -0.2) is 15.5 Å². The topological polar surface area (TPSA) is 55.4 Å². The minimum absolute atomic E-state index is 0.189. The van der Waals surface area contributed by atoms with Gasteiger partial charge in [-0.25, -0.2) is 13.1 Å². The van der Waals surface area contributed by atoms with Gasteiger partial charge in [-0.3, -0.25) is 0 Å². The zero-order chi connectivity index (χ0) is 14.6. The molecule has 0 heterocycles. The average Bonchev–Trinajstić information content (AvgIpc) is 2.47. The lowest BCUT2D eigenvalue weighted by atomic mass is 10.2. The molecule has 6 heteroatoms. The minimum atomic E-state index is -3.51. The average molecular weight is 356 g/mol. The summed E-state index contributed by atoms with van der Waals surface area (Å²) in [5, 5.41) is 0. The van der Waals surface area contributed by atoms with Crippen LogP contribution in [0.1, 0.15) is 5.56 Å². The van der Waals surface area contributed by atoms with Crippen molar-refractivity contribution in [2.45, 2.75) is 11.4 Å². The molecule has 0 aliphatic carbocycles. The fourth-order valence-corrected chi connectivity index (χ4v) is 3.08. The van der Waals surface area contributed by atoms with E-state index in [1.807, 2.05) is 6.07 Å². The van der Waals surface area contributed by atoms with Crippen molar-refractivity contribution in [1.82, 2.24) is 4.72 Å². The van der Waals surface area contributed by atoms with Gasteiger partial charge in [-0.05, 0) is 35.9 Å². The third-order valence-electron chi connectivity index (χ3n) is 2.76. The Labute approximate surface area is 127 Å². The molecule has 0 bridgehead atoms. The number of ether oxygens (including phenoxy) is 1. The number of nitrogens with one attached hydrogen (secondary N) is 1. The Bertz CT molecular complexity index is 687. The van der Waals surface area contributed by atoms with Crippen LogP contribution in [0.3, 0.4) is 0 Å². The first kappa shape index (κ1) is 15.0. The van der Waals surface area contributed by atoms with E-state index in [4.69, 9.17) is 4.74 Å². The largest absolute Gasteiger partial charge is 0.497 e. The molecule has 0 amide bonds. The number of rotatable bonds is 5. The number of halogens is 1. The molecule has 0 aliphatic heterocycles. The van der Waals surface area contributed by atoms with Gasteiger partial charge in [-0.1, -0.05) is 34.1 Å². The molecular weight excluding hydrogens is 342 g/mol. The maximum absolute atomic E-state index is 12.1. The van der Waals surface area contributed by atoms with Crippen molar-refractivity contribution in [3.8, 4) is 5.75 Å². The van der Waals surface area contributed by atoms with Crippen molar-refractivity contribution in [2.75, 3.05) is 7.11 Å². The molecule has 20 heavy (non-hydrogen) atoms. The Kier molecular flexibility index (Phi) is 4.80. The number of hydrogen-bond acceptors (Lipinski definition) is 3. The molecule has 1 N–H and O–H groups in total. The summed E-state index contributed by atoms with van der Waals surface area (Å²) in [7, 11) is -1.94. The molecule has 106 valence electrons. The molecule has 2 aromatic carbocycles. The Balaban J connectivity index is 2.16. The molecule has 2 rings (SSSR count). The lowest BCUT2D eigenvalue weighted by molar-refractivity contribution is 0.414. The quantitative estimate of drug-likeness (QED) is 0.896. The Morgan fingerprint density at radius 1 is 1.15 bits per heavy atom. The highest BCUT2D eigenvalue weighted by molar-refractivity contribution is 9.10. The van der Waals surface area contributed by atoms with Crippen LogP contribution in [-0.2, 0) is 16.6 Å². The van der Waals surface area contributed by atoms with Crippen LogP contribution in [0.2, 0.25) is 0 Å². The number of methoxy groups -OCH3 is 1. The van der Waals surface area contributed by atoms with Crippen molar-refractivity contribution < 1.29 is 13.2 Å². The minimum Gasteiger partial charge on any atom is -0.497 e. The summed E-state index contributed by atoms with van der Waals surface area (Å²) in [6.07, 6.45) is 0. The molecule has 0 saturated heterocycles. The van der Waals surface area contributed by atoms with Crippen molar-refractivity contribution in [3.63, 3.8) is 0 Å². The summed E-state index contributed by atoms with van der Waals surface area (Å²) in [5.74, 6) is 0.683. The Hall–Kier alpha value is -1.37.